The minimum absolute atomic E-state index is 0. The van der Waals surface area contributed by atoms with Crippen LogP contribution in [-0.2, 0) is 13.0 Å². The fourth-order valence-corrected chi connectivity index (χ4v) is 2.20. The molecule has 0 unspecified atom stereocenters. The number of pyridine rings is 1. The Morgan fingerprint density at radius 1 is 1.10 bits per heavy atom. The molecule has 2 aromatic rings. The van der Waals surface area contributed by atoms with Gasteiger partial charge in [0.05, 0.1) is 0 Å². The van der Waals surface area contributed by atoms with E-state index in [9.17, 15) is 0 Å². The van der Waals surface area contributed by atoms with Crippen molar-refractivity contribution < 1.29 is 0 Å². The molecule has 0 saturated carbocycles. The molecule has 0 aliphatic heterocycles. The summed E-state index contributed by atoms with van der Waals surface area (Å²) in [6.45, 7) is 3.97. The number of hydrogen-bond acceptors (Lipinski definition) is 2. The molecule has 3 heteroatoms. The van der Waals surface area contributed by atoms with Crippen LogP contribution in [0.25, 0.3) is 0 Å². The fourth-order valence-electron chi connectivity index (χ4n) is 1.99. The molecule has 1 aromatic heterocycles. The van der Waals surface area contributed by atoms with Gasteiger partial charge in [0.25, 0.3) is 0 Å². The molecule has 108 valence electrons. The zero-order chi connectivity index (χ0) is 13.7. The van der Waals surface area contributed by atoms with Crippen molar-refractivity contribution in [3.8, 4) is 0 Å². The van der Waals surface area contributed by atoms with Crippen LogP contribution in [0.4, 0.5) is 0 Å². The molecular weight excluding hydrogens is 268 g/mol. The first-order valence-corrected chi connectivity index (χ1v) is 6.85. The van der Waals surface area contributed by atoms with Gasteiger partial charge in [-0.2, -0.15) is 0 Å². The van der Waals surface area contributed by atoms with Crippen molar-refractivity contribution in [1.82, 2.24) is 9.88 Å². The SMILES string of the molecule is C.Cc1ccc(CN(C)CCc2ccncc2)cc1Cl. The van der Waals surface area contributed by atoms with E-state index < -0.39 is 0 Å². The highest BCUT2D eigenvalue weighted by Gasteiger charge is 2.03. The number of aromatic nitrogens is 1. The number of hydrogen-bond donors (Lipinski definition) is 0. The molecule has 0 spiro atoms. The minimum Gasteiger partial charge on any atom is -0.302 e. The van der Waals surface area contributed by atoms with Crippen molar-refractivity contribution in [1.29, 1.82) is 0 Å². The average Bonchev–Trinajstić information content (AvgIpc) is 2.42. The zero-order valence-corrected chi connectivity index (χ0v) is 12.2. The van der Waals surface area contributed by atoms with Gasteiger partial charge in [-0.3, -0.25) is 4.98 Å². The van der Waals surface area contributed by atoms with Gasteiger partial charge in [0.15, 0.2) is 0 Å². The fraction of sp³-hybridized carbons (Fsp3) is 0.353. The van der Waals surface area contributed by atoms with Crippen LogP contribution in [-0.4, -0.2) is 23.5 Å². The number of likely N-dealkylation sites (N-methyl/N-ethyl adjacent to an activating group) is 1. The van der Waals surface area contributed by atoms with Crippen LogP contribution in [0.15, 0.2) is 42.7 Å². The molecule has 20 heavy (non-hydrogen) atoms. The molecule has 2 rings (SSSR count). The second-order valence-electron chi connectivity index (χ2n) is 4.93. The average molecular weight is 291 g/mol. The van der Waals surface area contributed by atoms with Crippen molar-refractivity contribution in [2.45, 2.75) is 27.3 Å². The molecule has 0 N–H and O–H groups in total. The van der Waals surface area contributed by atoms with Crippen molar-refractivity contribution in [2.75, 3.05) is 13.6 Å². The van der Waals surface area contributed by atoms with Gasteiger partial charge in [-0.05, 0) is 55.3 Å². The van der Waals surface area contributed by atoms with Crippen LogP contribution < -0.4 is 0 Å². The first-order valence-electron chi connectivity index (χ1n) is 6.47. The number of halogens is 1. The highest BCUT2D eigenvalue weighted by molar-refractivity contribution is 6.31. The van der Waals surface area contributed by atoms with E-state index in [2.05, 4.69) is 47.3 Å². The lowest BCUT2D eigenvalue weighted by atomic mass is 10.1. The molecule has 0 aliphatic rings. The van der Waals surface area contributed by atoms with Gasteiger partial charge in [0.2, 0.25) is 0 Å². The van der Waals surface area contributed by atoms with E-state index in [0.717, 1.165) is 30.1 Å². The lowest BCUT2D eigenvalue weighted by Gasteiger charge is -2.17. The van der Waals surface area contributed by atoms with Crippen LogP contribution in [0.2, 0.25) is 5.02 Å². The van der Waals surface area contributed by atoms with E-state index in [1.165, 1.54) is 11.1 Å². The van der Waals surface area contributed by atoms with Crippen molar-refractivity contribution in [3.63, 3.8) is 0 Å². The third kappa shape index (κ3) is 4.95. The summed E-state index contributed by atoms with van der Waals surface area (Å²) in [7, 11) is 2.13. The second-order valence-corrected chi connectivity index (χ2v) is 5.33. The lowest BCUT2D eigenvalue weighted by Crippen LogP contribution is -2.20. The largest absolute Gasteiger partial charge is 0.302 e. The number of rotatable bonds is 5. The number of aryl methyl sites for hydroxylation is 1. The summed E-state index contributed by atoms with van der Waals surface area (Å²) in [5.74, 6) is 0. The van der Waals surface area contributed by atoms with Gasteiger partial charge >= 0.3 is 0 Å². The summed E-state index contributed by atoms with van der Waals surface area (Å²) in [5.41, 5.74) is 3.71. The topological polar surface area (TPSA) is 16.1 Å². The standard InChI is InChI=1S/C16H19ClN2.CH4/c1-13-3-4-15(11-16(13)17)12-19(2)10-7-14-5-8-18-9-6-14;/h3-6,8-9,11H,7,10,12H2,1-2H3;1H4. The molecule has 1 aromatic carbocycles. The van der Waals surface area contributed by atoms with E-state index in [1.807, 2.05) is 19.3 Å². The Labute approximate surface area is 127 Å². The molecule has 0 radical (unpaired) electrons. The van der Waals surface area contributed by atoms with E-state index in [-0.39, 0.29) is 7.43 Å². The summed E-state index contributed by atoms with van der Waals surface area (Å²) in [5, 5.41) is 0.847. The summed E-state index contributed by atoms with van der Waals surface area (Å²) in [6.07, 6.45) is 4.72. The Kier molecular flexibility index (Phi) is 6.69. The number of benzene rings is 1. The van der Waals surface area contributed by atoms with Crippen LogP contribution in [0.3, 0.4) is 0 Å². The Bertz CT molecular complexity index is 526. The molecule has 2 nitrogen and oxygen atoms in total. The van der Waals surface area contributed by atoms with E-state index in [1.54, 1.807) is 0 Å². The van der Waals surface area contributed by atoms with Gasteiger partial charge in [-0.15, -0.1) is 0 Å². The van der Waals surface area contributed by atoms with Gasteiger partial charge in [0, 0.05) is 30.5 Å². The van der Waals surface area contributed by atoms with Gasteiger partial charge in [0.1, 0.15) is 0 Å². The molecule has 0 bridgehead atoms. The molecule has 0 saturated heterocycles. The molecular formula is C17H23ClN2. The molecule has 0 amide bonds. The monoisotopic (exact) mass is 290 g/mol. The van der Waals surface area contributed by atoms with Crippen LogP contribution in [0, 0.1) is 6.92 Å². The predicted octanol–water partition coefficient (Wildman–Crippen LogP) is 4.35. The van der Waals surface area contributed by atoms with Crippen LogP contribution in [0.1, 0.15) is 24.1 Å². The normalized spacial score (nSPS) is 10.4. The van der Waals surface area contributed by atoms with E-state index in [4.69, 9.17) is 11.6 Å². The Hall–Kier alpha value is -1.38. The number of nitrogens with zero attached hydrogens (tertiary/aromatic N) is 2. The summed E-state index contributed by atoms with van der Waals surface area (Å²) >= 11 is 6.14. The first kappa shape index (κ1) is 16.7. The molecule has 0 aliphatic carbocycles. The highest BCUT2D eigenvalue weighted by atomic mass is 35.5. The first-order chi connectivity index (χ1) is 9.15. The van der Waals surface area contributed by atoms with Crippen LogP contribution in [0.5, 0.6) is 0 Å². The highest BCUT2D eigenvalue weighted by Crippen LogP contribution is 2.17. The molecule has 1 heterocycles. The van der Waals surface area contributed by atoms with Crippen LogP contribution >= 0.6 is 11.6 Å². The van der Waals surface area contributed by atoms with Gasteiger partial charge in [-0.1, -0.05) is 31.2 Å². The third-order valence-electron chi connectivity index (χ3n) is 3.22. The maximum atomic E-state index is 6.14. The van der Waals surface area contributed by atoms with Crippen molar-refractivity contribution >= 4 is 11.6 Å². The maximum Gasteiger partial charge on any atom is 0.0438 e. The van der Waals surface area contributed by atoms with E-state index in [0.29, 0.717) is 0 Å². The lowest BCUT2D eigenvalue weighted by molar-refractivity contribution is 0.331. The zero-order valence-electron chi connectivity index (χ0n) is 11.4. The van der Waals surface area contributed by atoms with E-state index >= 15 is 0 Å². The summed E-state index contributed by atoms with van der Waals surface area (Å²) in [6, 6.07) is 10.4. The second kappa shape index (κ2) is 8.03. The molecule has 0 fully saturated rings. The summed E-state index contributed by atoms with van der Waals surface area (Å²) in [4.78, 5) is 6.34. The van der Waals surface area contributed by atoms with Crippen molar-refractivity contribution in [2.24, 2.45) is 0 Å². The van der Waals surface area contributed by atoms with Gasteiger partial charge < -0.3 is 4.90 Å². The molecule has 0 atom stereocenters. The maximum absolute atomic E-state index is 6.14. The van der Waals surface area contributed by atoms with Crippen molar-refractivity contribution in [3.05, 3.63) is 64.4 Å². The summed E-state index contributed by atoms with van der Waals surface area (Å²) < 4.78 is 0. The third-order valence-corrected chi connectivity index (χ3v) is 3.63. The smallest absolute Gasteiger partial charge is 0.0438 e. The Morgan fingerprint density at radius 3 is 2.45 bits per heavy atom. The van der Waals surface area contributed by atoms with Gasteiger partial charge in [-0.25, -0.2) is 0 Å². The minimum atomic E-state index is 0. The predicted molar refractivity (Wildman–Crippen MR) is 87.2 cm³/mol. The Balaban J connectivity index is 0.00000200. The Morgan fingerprint density at radius 2 is 1.80 bits per heavy atom. The quantitative estimate of drug-likeness (QED) is 0.814.